The zero-order valence-corrected chi connectivity index (χ0v) is 33.2. The van der Waals surface area contributed by atoms with Crippen LogP contribution >= 0.6 is 23.2 Å². The fraction of sp³-hybridized carbons (Fsp3) is 0.102. The van der Waals surface area contributed by atoms with Gasteiger partial charge in [-0.25, -0.2) is 0 Å². The maximum absolute atomic E-state index is 13.5. The van der Waals surface area contributed by atoms with E-state index in [0.29, 0.717) is 0 Å². The van der Waals surface area contributed by atoms with E-state index in [1.165, 1.54) is 18.2 Å². The molecule has 0 aromatic heterocycles. The fourth-order valence-electron chi connectivity index (χ4n) is 6.01. The van der Waals surface area contributed by atoms with Gasteiger partial charge in [0.15, 0.2) is 23.0 Å². The molecule has 8 nitrogen and oxygen atoms in total. The Bertz CT molecular complexity index is 2470. The predicted molar refractivity (Wildman–Crippen MR) is 227 cm³/mol. The Morgan fingerprint density at radius 3 is 1.08 bits per heavy atom. The Morgan fingerprint density at radius 2 is 0.695 bits per heavy atom. The van der Waals surface area contributed by atoms with Crippen LogP contribution in [0.4, 0.5) is 0 Å². The number of carbonyl (C=O) groups is 2. The van der Waals surface area contributed by atoms with E-state index in [-0.39, 0.29) is 84.4 Å². The Hall–Kier alpha value is -6.74. The van der Waals surface area contributed by atoms with Gasteiger partial charge in [-0.3, -0.25) is 9.59 Å². The highest BCUT2D eigenvalue weighted by molar-refractivity contribution is 6.68. The SMILES string of the molecule is O=C(Cl)c1cc(OCc2ccccc2)c(OCc2ccccc2)c(Oc2c(C(=O)Cl)cc(OCc3ccccc3)c(OCc3ccccc3)c2OCc2ccccc2)c1. The van der Waals surface area contributed by atoms with Gasteiger partial charge in [-0.15, -0.1) is 0 Å². The second-order valence-corrected chi connectivity index (χ2v) is 13.9. The van der Waals surface area contributed by atoms with Crippen molar-refractivity contribution in [3.8, 4) is 40.2 Å². The monoisotopic (exact) mass is 824 g/mol. The van der Waals surface area contributed by atoms with Gasteiger partial charge in [0.25, 0.3) is 10.5 Å². The molecule has 0 aliphatic rings. The molecule has 0 saturated carbocycles. The average molecular weight is 826 g/mol. The van der Waals surface area contributed by atoms with Crippen LogP contribution < -0.4 is 28.4 Å². The second kappa shape index (κ2) is 20.1. The van der Waals surface area contributed by atoms with Crippen LogP contribution in [-0.4, -0.2) is 10.5 Å². The molecule has 0 amide bonds. The van der Waals surface area contributed by atoms with E-state index in [0.717, 1.165) is 27.8 Å². The first-order chi connectivity index (χ1) is 28.9. The third-order valence-corrected chi connectivity index (χ3v) is 9.40. The van der Waals surface area contributed by atoms with Gasteiger partial charge in [-0.1, -0.05) is 152 Å². The maximum atomic E-state index is 13.5. The van der Waals surface area contributed by atoms with Crippen LogP contribution in [0.3, 0.4) is 0 Å². The van der Waals surface area contributed by atoms with Crippen molar-refractivity contribution in [2.45, 2.75) is 33.0 Å². The highest BCUT2D eigenvalue weighted by atomic mass is 35.5. The minimum Gasteiger partial charge on any atom is -0.485 e. The molecule has 0 bridgehead atoms. The zero-order chi connectivity index (χ0) is 40.8. The van der Waals surface area contributed by atoms with Gasteiger partial charge in [0.1, 0.15) is 33.0 Å². The van der Waals surface area contributed by atoms with Gasteiger partial charge in [-0.2, -0.15) is 0 Å². The molecule has 0 aliphatic carbocycles. The molecule has 296 valence electrons. The van der Waals surface area contributed by atoms with Crippen molar-refractivity contribution in [1.29, 1.82) is 0 Å². The summed E-state index contributed by atoms with van der Waals surface area (Å²) in [4.78, 5) is 26.4. The molecule has 0 radical (unpaired) electrons. The first-order valence-electron chi connectivity index (χ1n) is 18.7. The van der Waals surface area contributed by atoms with Gasteiger partial charge >= 0.3 is 0 Å². The lowest BCUT2D eigenvalue weighted by molar-refractivity contribution is 0.106. The van der Waals surface area contributed by atoms with Crippen LogP contribution in [0.5, 0.6) is 40.2 Å². The van der Waals surface area contributed by atoms with Crippen LogP contribution in [0, 0.1) is 0 Å². The summed E-state index contributed by atoms with van der Waals surface area (Å²) < 4.78 is 39.0. The molecule has 7 aromatic rings. The van der Waals surface area contributed by atoms with E-state index in [4.69, 9.17) is 51.6 Å². The normalized spacial score (nSPS) is 10.7. The smallest absolute Gasteiger partial charge is 0.256 e. The lowest BCUT2D eigenvalue weighted by atomic mass is 10.1. The van der Waals surface area contributed by atoms with Crippen LogP contribution in [0.1, 0.15) is 48.5 Å². The molecule has 0 saturated heterocycles. The fourth-order valence-corrected chi connectivity index (χ4v) is 6.26. The molecule has 0 atom stereocenters. The van der Waals surface area contributed by atoms with Gasteiger partial charge < -0.3 is 28.4 Å². The van der Waals surface area contributed by atoms with Gasteiger partial charge in [0.2, 0.25) is 17.2 Å². The quantitative estimate of drug-likeness (QED) is 0.0745. The minimum atomic E-state index is -0.874. The summed E-state index contributed by atoms with van der Waals surface area (Å²) in [5.74, 6) is 0.517. The summed E-state index contributed by atoms with van der Waals surface area (Å²) in [5.41, 5.74) is 4.21. The molecular weight excluding hydrogens is 787 g/mol. The van der Waals surface area contributed by atoms with Crippen molar-refractivity contribution in [2.75, 3.05) is 0 Å². The van der Waals surface area contributed by atoms with Crippen molar-refractivity contribution in [3.63, 3.8) is 0 Å². The summed E-state index contributed by atoms with van der Waals surface area (Å²) in [6.07, 6.45) is 0. The van der Waals surface area contributed by atoms with Crippen LogP contribution in [-0.2, 0) is 33.0 Å². The van der Waals surface area contributed by atoms with E-state index < -0.39 is 10.5 Å². The highest BCUT2D eigenvalue weighted by Gasteiger charge is 2.30. The average Bonchev–Trinajstić information content (AvgIpc) is 3.27. The Labute approximate surface area is 352 Å². The van der Waals surface area contributed by atoms with E-state index in [1.54, 1.807) is 0 Å². The van der Waals surface area contributed by atoms with Crippen molar-refractivity contribution in [1.82, 2.24) is 0 Å². The Morgan fingerprint density at radius 1 is 0.356 bits per heavy atom. The van der Waals surface area contributed by atoms with E-state index in [1.807, 2.05) is 152 Å². The zero-order valence-electron chi connectivity index (χ0n) is 31.7. The van der Waals surface area contributed by atoms with E-state index in [9.17, 15) is 9.59 Å². The van der Waals surface area contributed by atoms with Crippen molar-refractivity contribution < 1.29 is 38.0 Å². The Balaban J connectivity index is 1.39. The third-order valence-electron chi connectivity index (χ3n) is 8.98. The molecule has 59 heavy (non-hydrogen) atoms. The number of carbonyl (C=O) groups excluding carboxylic acids is 2. The molecule has 0 N–H and O–H groups in total. The lowest BCUT2D eigenvalue weighted by Gasteiger charge is -2.23. The summed E-state index contributed by atoms with van der Waals surface area (Å²) in [5, 5.41) is -1.65. The van der Waals surface area contributed by atoms with Crippen LogP contribution in [0.25, 0.3) is 0 Å². The van der Waals surface area contributed by atoms with Crippen LogP contribution in [0.15, 0.2) is 170 Å². The first kappa shape index (κ1) is 40.5. The topological polar surface area (TPSA) is 89.5 Å². The van der Waals surface area contributed by atoms with Gasteiger partial charge in [-0.05, 0) is 63.2 Å². The summed E-state index contributed by atoms with van der Waals surface area (Å²) in [6, 6.07) is 52.0. The summed E-state index contributed by atoms with van der Waals surface area (Å²) in [7, 11) is 0. The Kier molecular flexibility index (Phi) is 13.8. The maximum Gasteiger partial charge on any atom is 0.256 e. The molecule has 7 rings (SSSR count). The lowest BCUT2D eigenvalue weighted by Crippen LogP contribution is -2.09. The highest BCUT2D eigenvalue weighted by Crippen LogP contribution is 2.52. The molecular formula is C49H38Cl2O8. The number of hydrogen-bond donors (Lipinski definition) is 0. The molecule has 0 aliphatic heterocycles. The number of ether oxygens (including phenoxy) is 6. The predicted octanol–water partition coefficient (Wildman–Crippen LogP) is 12.1. The van der Waals surface area contributed by atoms with Gasteiger partial charge in [0, 0.05) is 11.6 Å². The van der Waals surface area contributed by atoms with E-state index >= 15 is 0 Å². The van der Waals surface area contributed by atoms with Crippen molar-refractivity contribution in [2.24, 2.45) is 0 Å². The number of rotatable bonds is 19. The van der Waals surface area contributed by atoms with Crippen molar-refractivity contribution in [3.05, 3.63) is 209 Å². The third kappa shape index (κ3) is 11.0. The van der Waals surface area contributed by atoms with Crippen LogP contribution in [0.2, 0.25) is 0 Å². The second-order valence-electron chi connectivity index (χ2n) is 13.2. The number of halogens is 2. The molecule has 7 aromatic carbocycles. The number of benzene rings is 7. The largest absolute Gasteiger partial charge is 0.485 e. The molecule has 0 spiro atoms. The molecule has 10 heteroatoms. The van der Waals surface area contributed by atoms with Crippen molar-refractivity contribution >= 4 is 33.7 Å². The van der Waals surface area contributed by atoms with E-state index in [2.05, 4.69) is 0 Å². The standard InChI is InChI=1S/C49H38Cl2O8/c50-48(52)39-26-41(54-29-34-16-6-1-7-17-34)45(56-31-36-20-10-3-11-21-36)43(27-39)59-44-40(49(51)53)28-42(55-30-35-18-8-2-9-19-35)46(57-32-37-22-12-4-13-23-37)47(44)58-33-38-24-14-5-15-25-38/h1-28H,29-33H2. The molecule has 0 fully saturated rings. The molecule has 0 heterocycles. The number of hydrogen-bond acceptors (Lipinski definition) is 8. The molecule has 0 unspecified atom stereocenters. The first-order valence-corrected chi connectivity index (χ1v) is 19.5. The summed E-state index contributed by atoms with van der Waals surface area (Å²) >= 11 is 12.5. The summed E-state index contributed by atoms with van der Waals surface area (Å²) in [6.45, 7) is 0.514. The van der Waals surface area contributed by atoms with Gasteiger partial charge in [0.05, 0.1) is 5.56 Å². The minimum absolute atomic E-state index is 0.00816.